The number of carbonyl (C=O) groups is 1. The van der Waals surface area contributed by atoms with Gasteiger partial charge in [0.15, 0.2) is 5.82 Å². The van der Waals surface area contributed by atoms with Crippen molar-refractivity contribution in [2.24, 2.45) is 0 Å². The standard InChI is InChI=1S/C27H26FN3O/c28-22-10-5-4-9-21(22)27(14-15-27)25(32)31-16-6-12-26(18-31)13-11-20-17-29-24(30-23(20)26)19-7-2-1-3-8-19/h1-5,7-10,17H,6,11-16,18H2. The minimum Gasteiger partial charge on any atom is -0.341 e. The highest BCUT2D eigenvalue weighted by Crippen LogP contribution is 2.52. The second-order valence-corrected chi connectivity index (χ2v) is 9.61. The number of amides is 1. The lowest BCUT2D eigenvalue weighted by atomic mass is 9.77. The number of benzene rings is 2. The van der Waals surface area contributed by atoms with Crippen LogP contribution in [0.2, 0.25) is 0 Å². The van der Waals surface area contributed by atoms with Crippen LogP contribution < -0.4 is 0 Å². The van der Waals surface area contributed by atoms with Crippen molar-refractivity contribution in [1.29, 1.82) is 0 Å². The molecule has 0 bridgehead atoms. The van der Waals surface area contributed by atoms with Gasteiger partial charge >= 0.3 is 0 Å². The number of aromatic nitrogens is 2. The molecule has 3 aliphatic rings. The van der Waals surface area contributed by atoms with E-state index in [-0.39, 0.29) is 17.1 Å². The quantitative estimate of drug-likeness (QED) is 0.602. The summed E-state index contributed by atoms with van der Waals surface area (Å²) in [4.78, 5) is 25.4. The maximum atomic E-state index is 14.6. The van der Waals surface area contributed by atoms with Crippen molar-refractivity contribution in [1.82, 2.24) is 14.9 Å². The summed E-state index contributed by atoms with van der Waals surface area (Å²) >= 11 is 0. The Kier molecular flexibility index (Phi) is 4.42. The lowest BCUT2D eigenvalue weighted by molar-refractivity contribution is -0.136. The number of carbonyl (C=O) groups excluding carboxylic acids is 1. The van der Waals surface area contributed by atoms with Crippen LogP contribution in [0.3, 0.4) is 0 Å². The van der Waals surface area contributed by atoms with Crippen molar-refractivity contribution in [3.63, 3.8) is 0 Å². The Bertz CT molecular complexity index is 1190. The van der Waals surface area contributed by atoms with E-state index < -0.39 is 5.41 Å². The molecule has 1 unspecified atom stereocenters. The van der Waals surface area contributed by atoms with Gasteiger partial charge in [0.05, 0.1) is 11.1 Å². The van der Waals surface area contributed by atoms with E-state index in [1.165, 1.54) is 11.6 Å². The van der Waals surface area contributed by atoms with Crippen molar-refractivity contribution >= 4 is 5.91 Å². The number of piperidine rings is 1. The van der Waals surface area contributed by atoms with E-state index in [1.54, 1.807) is 12.1 Å². The zero-order valence-corrected chi connectivity index (χ0v) is 18.1. The van der Waals surface area contributed by atoms with Gasteiger partial charge in [-0.2, -0.15) is 0 Å². The largest absolute Gasteiger partial charge is 0.341 e. The number of rotatable bonds is 3. The van der Waals surface area contributed by atoms with Crippen molar-refractivity contribution in [2.45, 2.75) is 49.4 Å². The molecule has 2 fully saturated rings. The number of likely N-dealkylation sites (tertiary alicyclic amines) is 1. The van der Waals surface area contributed by atoms with E-state index in [9.17, 15) is 9.18 Å². The summed E-state index contributed by atoms with van der Waals surface area (Å²) in [5.74, 6) is 0.572. The monoisotopic (exact) mass is 427 g/mol. The van der Waals surface area contributed by atoms with Crippen LogP contribution in [0.1, 0.15) is 48.9 Å². The van der Waals surface area contributed by atoms with Gasteiger partial charge in [-0.15, -0.1) is 0 Å². The molecule has 0 N–H and O–H groups in total. The smallest absolute Gasteiger partial charge is 0.233 e. The molecule has 32 heavy (non-hydrogen) atoms. The van der Waals surface area contributed by atoms with Crippen LogP contribution in [0, 0.1) is 5.82 Å². The predicted molar refractivity (Wildman–Crippen MR) is 121 cm³/mol. The van der Waals surface area contributed by atoms with Gasteiger partial charge in [0.1, 0.15) is 5.82 Å². The first-order valence-electron chi connectivity index (χ1n) is 11.6. The summed E-state index contributed by atoms with van der Waals surface area (Å²) in [5.41, 5.74) is 3.09. The molecule has 1 saturated carbocycles. The summed E-state index contributed by atoms with van der Waals surface area (Å²) in [6.45, 7) is 1.41. The third-order valence-corrected chi connectivity index (χ3v) is 7.68. The number of hydrogen-bond acceptors (Lipinski definition) is 3. The molecular weight excluding hydrogens is 401 g/mol. The fourth-order valence-corrected chi connectivity index (χ4v) is 5.85. The highest BCUT2D eigenvalue weighted by Gasteiger charge is 2.56. The van der Waals surface area contributed by atoms with Crippen LogP contribution in [0.15, 0.2) is 60.8 Å². The second-order valence-electron chi connectivity index (χ2n) is 9.61. The Hall–Kier alpha value is -3.08. The van der Waals surface area contributed by atoms with E-state index >= 15 is 0 Å². The average molecular weight is 428 g/mol. The Morgan fingerprint density at radius 2 is 1.75 bits per heavy atom. The van der Waals surface area contributed by atoms with Gasteiger partial charge in [-0.3, -0.25) is 4.79 Å². The van der Waals surface area contributed by atoms with Crippen LogP contribution in [0.25, 0.3) is 11.4 Å². The summed E-state index contributed by atoms with van der Waals surface area (Å²) < 4.78 is 14.6. The SMILES string of the molecule is O=C(N1CCCC2(CCc3cnc(-c4ccccc4)nc32)C1)C1(c2ccccc2F)CC1. The van der Waals surface area contributed by atoms with E-state index in [4.69, 9.17) is 4.98 Å². The van der Waals surface area contributed by atoms with Crippen molar-refractivity contribution in [3.8, 4) is 11.4 Å². The molecule has 1 spiro atoms. The fourth-order valence-electron chi connectivity index (χ4n) is 5.85. The van der Waals surface area contributed by atoms with Crippen LogP contribution in [-0.2, 0) is 22.0 Å². The molecule has 4 nitrogen and oxygen atoms in total. The lowest BCUT2D eigenvalue weighted by Crippen LogP contribution is -2.51. The molecule has 1 aliphatic heterocycles. The van der Waals surface area contributed by atoms with E-state index in [1.807, 2.05) is 47.5 Å². The first kappa shape index (κ1) is 19.6. The van der Waals surface area contributed by atoms with E-state index in [2.05, 4.69) is 4.98 Å². The molecule has 1 aromatic heterocycles. The normalized spacial score (nSPS) is 23.2. The molecule has 3 aromatic rings. The molecular formula is C27H26FN3O. The molecule has 5 heteroatoms. The molecule has 2 aromatic carbocycles. The maximum absolute atomic E-state index is 14.6. The molecule has 162 valence electrons. The van der Waals surface area contributed by atoms with Crippen molar-refractivity contribution in [2.75, 3.05) is 13.1 Å². The van der Waals surface area contributed by atoms with Gasteiger partial charge in [-0.25, -0.2) is 14.4 Å². The topological polar surface area (TPSA) is 46.1 Å². The Labute approximate surface area is 187 Å². The molecule has 6 rings (SSSR count). The van der Waals surface area contributed by atoms with Gasteiger partial charge in [0.2, 0.25) is 5.91 Å². The van der Waals surface area contributed by atoms with Crippen molar-refractivity contribution < 1.29 is 9.18 Å². The van der Waals surface area contributed by atoms with Gasteiger partial charge in [-0.05, 0) is 50.2 Å². The highest BCUT2D eigenvalue weighted by molar-refractivity contribution is 5.91. The number of hydrogen-bond donors (Lipinski definition) is 0. The zero-order valence-electron chi connectivity index (χ0n) is 18.1. The number of halogens is 1. The van der Waals surface area contributed by atoms with Crippen LogP contribution in [0.4, 0.5) is 4.39 Å². The first-order valence-corrected chi connectivity index (χ1v) is 11.6. The molecule has 1 atom stereocenters. The number of fused-ring (bicyclic) bond motifs is 2. The van der Waals surface area contributed by atoms with E-state index in [0.29, 0.717) is 12.1 Å². The Morgan fingerprint density at radius 1 is 0.969 bits per heavy atom. The van der Waals surface area contributed by atoms with Gasteiger partial charge < -0.3 is 4.90 Å². The molecule has 2 heterocycles. The molecule has 0 radical (unpaired) electrons. The Morgan fingerprint density at radius 3 is 2.53 bits per heavy atom. The van der Waals surface area contributed by atoms with Gasteiger partial charge in [0.25, 0.3) is 0 Å². The third-order valence-electron chi connectivity index (χ3n) is 7.68. The highest BCUT2D eigenvalue weighted by atomic mass is 19.1. The summed E-state index contributed by atoms with van der Waals surface area (Å²) in [6, 6.07) is 16.8. The van der Waals surface area contributed by atoms with Crippen molar-refractivity contribution in [3.05, 3.63) is 83.4 Å². The molecule has 1 saturated heterocycles. The summed E-state index contributed by atoms with van der Waals surface area (Å²) in [7, 11) is 0. The zero-order chi connectivity index (χ0) is 21.8. The second kappa shape index (κ2) is 7.22. The minimum absolute atomic E-state index is 0.0902. The Balaban J connectivity index is 1.32. The number of nitrogens with zero attached hydrogens (tertiary/aromatic N) is 3. The predicted octanol–water partition coefficient (Wildman–Crippen LogP) is 4.82. The minimum atomic E-state index is -0.674. The van der Waals surface area contributed by atoms with Crippen LogP contribution in [-0.4, -0.2) is 33.9 Å². The third kappa shape index (κ3) is 2.98. The average Bonchev–Trinajstić information content (AvgIpc) is 3.58. The summed E-state index contributed by atoms with van der Waals surface area (Å²) in [5, 5.41) is 0. The summed E-state index contributed by atoms with van der Waals surface area (Å²) in [6.07, 6.45) is 7.35. The van der Waals surface area contributed by atoms with Gasteiger partial charge in [0, 0.05) is 35.8 Å². The molecule has 1 amide bonds. The fraction of sp³-hybridized carbons (Fsp3) is 0.370. The van der Waals surface area contributed by atoms with Crippen LogP contribution in [0.5, 0.6) is 0 Å². The van der Waals surface area contributed by atoms with E-state index in [0.717, 1.165) is 62.2 Å². The maximum Gasteiger partial charge on any atom is 0.233 e. The lowest BCUT2D eigenvalue weighted by Gasteiger charge is -2.42. The van der Waals surface area contributed by atoms with Crippen LogP contribution >= 0.6 is 0 Å². The molecule has 2 aliphatic carbocycles. The first-order chi connectivity index (χ1) is 15.6. The number of aryl methyl sites for hydroxylation is 1. The van der Waals surface area contributed by atoms with Gasteiger partial charge in [-0.1, -0.05) is 48.5 Å².